The van der Waals surface area contributed by atoms with Crippen molar-refractivity contribution in [3.63, 3.8) is 0 Å². The Balaban J connectivity index is 2.02. The molecule has 0 aliphatic rings. The number of likely N-dealkylation sites (N-methyl/N-ethyl adjacent to an activating group) is 1. The Bertz CT molecular complexity index is 1010. The number of nitriles is 1. The van der Waals surface area contributed by atoms with Crippen molar-refractivity contribution in [3.05, 3.63) is 62.8 Å². The fourth-order valence-electron chi connectivity index (χ4n) is 2.65. The predicted octanol–water partition coefficient (Wildman–Crippen LogP) is 1.04. The van der Waals surface area contributed by atoms with Crippen molar-refractivity contribution in [2.45, 2.75) is 33.9 Å². The lowest BCUT2D eigenvalue weighted by molar-refractivity contribution is -0.136. The number of carbonyl (C=O) groups excluding carboxylic acids is 2. The van der Waals surface area contributed by atoms with Gasteiger partial charge in [-0.25, -0.2) is 9.07 Å². The number of carbonyl (C=O) groups is 2. The molecule has 1 aromatic heterocycles. The maximum absolute atomic E-state index is 12.9. The lowest BCUT2D eigenvalue weighted by Crippen LogP contribution is -2.43. The molecule has 0 radical (unpaired) electrons. The van der Waals surface area contributed by atoms with E-state index >= 15 is 0 Å². The molecule has 29 heavy (non-hydrogen) atoms. The minimum Gasteiger partial charge on any atom is -0.350 e. The zero-order valence-electron chi connectivity index (χ0n) is 16.5. The van der Waals surface area contributed by atoms with Gasteiger partial charge < -0.3 is 10.2 Å². The van der Waals surface area contributed by atoms with E-state index in [0.29, 0.717) is 11.3 Å². The molecule has 0 saturated carbocycles. The lowest BCUT2D eigenvalue weighted by Gasteiger charge is -2.21. The van der Waals surface area contributed by atoms with Crippen LogP contribution in [0.1, 0.15) is 29.3 Å². The van der Waals surface area contributed by atoms with E-state index in [1.165, 1.54) is 17.0 Å². The number of hydrogen-bond acceptors (Lipinski definition) is 5. The molecular formula is C20H22FN5O3. The molecule has 1 N–H and O–H groups in total. The molecular weight excluding hydrogens is 377 g/mol. The van der Waals surface area contributed by atoms with Crippen molar-refractivity contribution < 1.29 is 14.0 Å². The van der Waals surface area contributed by atoms with E-state index in [2.05, 4.69) is 10.4 Å². The minimum atomic E-state index is -0.638. The highest BCUT2D eigenvalue weighted by atomic mass is 19.1. The topological polar surface area (TPSA) is 108 Å². The molecule has 2 amide bonds. The molecule has 0 fully saturated rings. The number of nitrogens with one attached hydrogen (secondary N) is 1. The number of hydrogen-bond donors (Lipinski definition) is 1. The van der Waals surface area contributed by atoms with Gasteiger partial charge in [0.2, 0.25) is 11.8 Å². The molecule has 2 rings (SSSR count). The van der Waals surface area contributed by atoms with E-state index in [1.807, 2.05) is 6.07 Å². The van der Waals surface area contributed by atoms with Crippen molar-refractivity contribution in [1.29, 1.82) is 5.26 Å². The van der Waals surface area contributed by atoms with Crippen LogP contribution in [-0.4, -0.2) is 39.6 Å². The van der Waals surface area contributed by atoms with Crippen LogP contribution >= 0.6 is 0 Å². The van der Waals surface area contributed by atoms with Crippen LogP contribution in [0, 0.1) is 31.0 Å². The molecule has 1 aromatic carbocycles. The third kappa shape index (κ3) is 5.48. The van der Waals surface area contributed by atoms with Gasteiger partial charge in [0, 0.05) is 13.1 Å². The Hall–Kier alpha value is -3.54. The zero-order chi connectivity index (χ0) is 21.6. The van der Waals surface area contributed by atoms with Crippen LogP contribution in [-0.2, 0) is 22.7 Å². The molecule has 9 heteroatoms. The summed E-state index contributed by atoms with van der Waals surface area (Å²) < 4.78 is 13.9. The van der Waals surface area contributed by atoms with E-state index in [9.17, 15) is 18.8 Å². The van der Waals surface area contributed by atoms with Gasteiger partial charge in [0.15, 0.2) is 0 Å². The number of rotatable bonds is 7. The van der Waals surface area contributed by atoms with Gasteiger partial charge in [-0.3, -0.25) is 14.4 Å². The average Bonchev–Trinajstić information content (AvgIpc) is 2.70. The number of aryl methyl sites for hydroxylation is 1. The summed E-state index contributed by atoms with van der Waals surface area (Å²) in [5, 5.41) is 15.9. The van der Waals surface area contributed by atoms with Crippen molar-refractivity contribution >= 4 is 11.8 Å². The van der Waals surface area contributed by atoms with Gasteiger partial charge in [0.1, 0.15) is 24.0 Å². The van der Waals surface area contributed by atoms with Gasteiger partial charge in [-0.15, -0.1) is 0 Å². The number of halogens is 1. The summed E-state index contributed by atoms with van der Waals surface area (Å²) in [6.07, 6.45) is 0. The number of nitrogens with zero attached hydrogens (tertiary/aromatic N) is 4. The van der Waals surface area contributed by atoms with Crippen LogP contribution in [0.25, 0.3) is 0 Å². The van der Waals surface area contributed by atoms with Gasteiger partial charge in [0.05, 0.1) is 12.2 Å². The summed E-state index contributed by atoms with van der Waals surface area (Å²) in [7, 11) is 0. The van der Waals surface area contributed by atoms with Crippen LogP contribution in [0.2, 0.25) is 0 Å². The average molecular weight is 399 g/mol. The van der Waals surface area contributed by atoms with Crippen LogP contribution < -0.4 is 10.9 Å². The molecule has 0 atom stereocenters. The van der Waals surface area contributed by atoms with Gasteiger partial charge in [-0.1, -0.05) is 12.1 Å². The highest BCUT2D eigenvalue weighted by molar-refractivity contribution is 5.84. The summed E-state index contributed by atoms with van der Waals surface area (Å²) in [6, 6.07) is 7.56. The molecule has 8 nitrogen and oxygen atoms in total. The largest absolute Gasteiger partial charge is 0.350 e. The van der Waals surface area contributed by atoms with Crippen LogP contribution in [0.5, 0.6) is 0 Å². The van der Waals surface area contributed by atoms with Crippen molar-refractivity contribution in [3.8, 4) is 6.07 Å². The first-order valence-electron chi connectivity index (χ1n) is 9.04. The summed E-state index contributed by atoms with van der Waals surface area (Å²) in [5.41, 5.74) is 0.998. The molecule has 0 bridgehead atoms. The molecule has 0 unspecified atom stereocenters. The minimum absolute atomic E-state index is 0.0506. The van der Waals surface area contributed by atoms with Crippen molar-refractivity contribution in [2.75, 3.05) is 13.1 Å². The molecule has 2 aromatic rings. The molecule has 0 aliphatic heterocycles. The van der Waals surface area contributed by atoms with Gasteiger partial charge in [-0.05, 0) is 44.0 Å². The molecule has 152 valence electrons. The summed E-state index contributed by atoms with van der Waals surface area (Å²) in [6.45, 7) is 4.88. The van der Waals surface area contributed by atoms with Crippen molar-refractivity contribution in [1.82, 2.24) is 20.0 Å². The smallest absolute Gasteiger partial charge is 0.285 e. The number of aromatic nitrogens is 2. The van der Waals surface area contributed by atoms with E-state index in [-0.39, 0.29) is 43.5 Å². The van der Waals surface area contributed by atoms with Gasteiger partial charge in [0.25, 0.3) is 5.56 Å². The Morgan fingerprint density at radius 1 is 1.28 bits per heavy atom. The quantitative estimate of drug-likeness (QED) is 0.748. The monoisotopic (exact) mass is 399 g/mol. The highest BCUT2D eigenvalue weighted by Crippen LogP contribution is 2.05. The second-order valence-corrected chi connectivity index (χ2v) is 6.47. The number of benzene rings is 1. The van der Waals surface area contributed by atoms with Gasteiger partial charge >= 0.3 is 0 Å². The van der Waals surface area contributed by atoms with Crippen LogP contribution in [0.4, 0.5) is 4.39 Å². The number of amides is 2. The highest BCUT2D eigenvalue weighted by Gasteiger charge is 2.19. The first-order chi connectivity index (χ1) is 13.8. The third-order valence-corrected chi connectivity index (χ3v) is 4.51. The van der Waals surface area contributed by atoms with E-state index in [1.54, 1.807) is 32.9 Å². The first kappa shape index (κ1) is 21.8. The second kappa shape index (κ2) is 9.59. The zero-order valence-corrected chi connectivity index (χ0v) is 16.5. The Morgan fingerprint density at radius 3 is 2.52 bits per heavy atom. The lowest BCUT2D eigenvalue weighted by atomic mass is 10.1. The third-order valence-electron chi connectivity index (χ3n) is 4.51. The molecule has 0 saturated heterocycles. The normalized spacial score (nSPS) is 10.3. The maximum Gasteiger partial charge on any atom is 0.285 e. The standard InChI is InChI=1S/C20H22FN5O3/c1-4-25(11-18(27)23-10-15-5-7-16(21)8-6-15)19(28)12-26-20(29)17(9-22)13(2)14(3)24-26/h5-8H,4,10-12H2,1-3H3,(H,23,27). The second-order valence-electron chi connectivity index (χ2n) is 6.47. The maximum atomic E-state index is 12.9. The molecule has 0 aliphatic carbocycles. The van der Waals surface area contributed by atoms with Gasteiger partial charge in [-0.2, -0.15) is 10.4 Å². The molecule has 1 heterocycles. The van der Waals surface area contributed by atoms with Crippen LogP contribution in [0.3, 0.4) is 0 Å². The summed E-state index contributed by atoms with van der Waals surface area (Å²) in [4.78, 5) is 38.3. The van der Waals surface area contributed by atoms with Crippen LogP contribution in [0.15, 0.2) is 29.1 Å². The Morgan fingerprint density at radius 2 is 1.93 bits per heavy atom. The fourth-order valence-corrected chi connectivity index (χ4v) is 2.65. The molecule has 0 spiro atoms. The first-order valence-corrected chi connectivity index (χ1v) is 9.04. The SMILES string of the molecule is CCN(CC(=O)NCc1ccc(F)cc1)C(=O)Cn1nc(C)c(C)c(C#N)c1=O. The summed E-state index contributed by atoms with van der Waals surface area (Å²) >= 11 is 0. The van der Waals surface area contributed by atoms with Crippen molar-refractivity contribution in [2.24, 2.45) is 0 Å². The van der Waals surface area contributed by atoms with E-state index < -0.39 is 11.5 Å². The fraction of sp³-hybridized carbons (Fsp3) is 0.350. The Kier molecular flexibility index (Phi) is 7.20. The Labute approximate surface area is 167 Å². The van der Waals surface area contributed by atoms with E-state index in [0.717, 1.165) is 10.2 Å². The predicted molar refractivity (Wildman–Crippen MR) is 103 cm³/mol. The van der Waals surface area contributed by atoms with E-state index in [4.69, 9.17) is 5.26 Å². The summed E-state index contributed by atoms with van der Waals surface area (Å²) in [5.74, 6) is -1.22.